The molecule has 3 aromatic rings. The summed E-state index contributed by atoms with van der Waals surface area (Å²) in [7, 11) is 0. The largest absolute Gasteiger partial charge is 0.502 e. The van der Waals surface area contributed by atoms with Crippen LogP contribution in [0.5, 0.6) is 5.75 Å². The molecular formula is C27H26ClN5O5. The smallest absolute Gasteiger partial charge is 0.311 e. The average molecular weight is 536 g/mol. The molecule has 0 saturated heterocycles. The lowest BCUT2D eigenvalue weighted by molar-refractivity contribution is -0.385. The number of aromatic hydroxyl groups is 1. The molecule has 0 aliphatic rings. The summed E-state index contributed by atoms with van der Waals surface area (Å²) in [5, 5.41) is 27.7. The molecule has 2 amide bonds. The molecule has 0 saturated carbocycles. The minimum Gasteiger partial charge on any atom is -0.502 e. The highest BCUT2D eigenvalue weighted by atomic mass is 35.5. The van der Waals surface area contributed by atoms with Gasteiger partial charge in [0.15, 0.2) is 0 Å². The van der Waals surface area contributed by atoms with E-state index in [-0.39, 0.29) is 21.8 Å². The van der Waals surface area contributed by atoms with Gasteiger partial charge in [-0.1, -0.05) is 41.9 Å². The third-order valence-electron chi connectivity index (χ3n) is 5.56. The summed E-state index contributed by atoms with van der Waals surface area (Å²) in [5.74, 6) is -1.96. The Morgan fingerprint density at radius 1 is 1.05 bits per heavy atom. The Hall–Kier alpha value is -4.70. The molecule has 38 heavy (non-hydrogen) atoms. The Kier molecular flexibility index (Phi) is 9.55. The summed E-state index contributed by atoms with van der Waals surface area (Å²) in [6.07, 6.45) is 2.54. The summed E-state index contributed by atoms with van der Waals surface area (Å²) >= 11 is 6.14. The number of halogens is 1. The summed E-state index contributed by atoms with van der Waals surface area (Å²) in [6, 6.07) is 17.8. The van der Waals surface area contributed by atoms with Gasteiger partial charge in [-0.05, 0) is 55.8 Å². The fraction of sp³-hybridized carbons (Fsp3) is 0.148. The summed E-state index contributed by atoms with van der Waals surface area (Å²) in [4.78, 5) is 38.3. The van der Waals surface area contributed by atoms with Crippen LogP contribution in [0.1, 0.15) is 35.3 Å². The SMILES string of the molecule is CCN(CC)c1ccc(/C=C(\NC(=O)c2ccccc2Cl)C(=O)N/N=C/c2cccc([N+](=O)[O-])c2O)cc1. The van der Waals surface area contributed by atoms with Crippen molar-refractivity contribution in [3.8, 4) is 5.75 Å². The van der Waals surface area contributed by atoms with Gasteiger partial charge in [0.05, 0.1) is 21.7 Å². The first-order valence-corrected chi connectivity index (χ1v) is 12.0. The van der Waals surface area contributed by atoms with Crippen LogP contribution in [0.25, 0.3) is 6.08 Å². The lowest BCUT2D eigenvalue weighted by Gasteiger charge is -2.21. The highest BCUT2D eigenvalue weighted by molar-refractivity contribution is 6.34. The number of phenols is 1. The lowest BCUT2D eigenvalue weighted by atomic mass is 10.1. The van der Waals surface area contributed by atoms with Crippen LogP contribution in [0, 0.1) is 10.1 Å². The maximum Gasteiger partial charge on any atom is 0.311 e. The number of anilines is 1. The molecule has 0 heterocycles. The van der Waals surface area contributed by atoms with Crippen molar-refractivity contribution in [3.05, 3.63) is 104 Å². The van der Waals surface area contributed by atoms with Crippen LogP contribution in [-0.2, 0) is 4.79 Å². The number of carbonyl (C=O) groups is 2. The van der Waals surface area contributed by atoms with Crippen molar-refractivity contribution < 1.29 is 19.6 Å². The van der Waals surface area contributed by atoms with Gasteiger partial charge < -0.3 is 15.3 Å². The van der Waals surface area contributed by atoms with E-state index in [9.17, 15) is 24.8 Å². The molecule has 0 fully saturated rings. The molecule has 3 rings (SSSR count). The normalized spacial score (nSPS) is 11.3. The number of hydrazone groups is 1. The molecule has 196 valence electrons. The van der Waals surface area contributed by atoms with E-state index in [2.05, 4.69) is 34.6 Å². The minimum atomic E-state index is -0.764. The number of benzene rings is 3. The van der Waals surface area contributed by atoms with Crippen LogP contribution in [0.4, 0.5) is 11.4 Å². The van der Waals surface area contributed by atoms with Gasteiger partial charge in [-0.3, -0.25) is 19.7 Å². The number of hydrogen-bond acceptors (Lipinski definition) is 7. The van der Waals surface area contributed by atoms with Crippen LogP contribution in [0.2, 0.25) is 5.02 Å². The Labute approximate surface area is 224 Å². The molecular weight excluding hydrogens is 510 g/mol. The van der Waals surface area contributed by atoms with E-state index in [1.807, 2.05) is 24.3 Å². The van der Waals surface area contributed by atoms with Crippen molar-refractivity contribution in [2.45, 2.75) is 13.8 Å². The standard InChI is InChI=1S/C27H26ClN5O5/c1-3-32(4-2)20-14-12-18(13-15-20)16-23(30-26(35)21-9-5-6-10-22(21)28)27(36)31-29-17-19-8-7-11-24(25(19)34)33(37)38/h5-17,34H,3-4H2,1-2H3,(H,30,35)(H,31,36)/b23-16-,29-17+. The summed E-state index contributed by atoms with van der Waals surface area (Å²) < 4.78 is 0. The number of phenolic OH excluding ortho intramolecular Hbond substituents is 1. The van der Waals surface area contributed by atoms with Crippen molar-refractivity contribution in [1.29, 1.82) is 0 Å². The van der Waals surface area contributed by atoms with Gasteiger partial charge in [-0.15, -0.1) is 0 Å². The van der Waals surface area contributed by atoms with E-state index < -0.39 is 28.2 Å². The van der Waals surface area contributed by atoms with E-state index >= 15 is 0 Å². The quantitative estimate of drug-likeness (QED) is 0.149. The number of nitro groups is 1. The minimum absolute atomic E-state index is 0.0251. The van der Waals surface area contributed by atoms with Crippen LogP contribution >= 0.6 is 11.6 Å². The molecule has 0 aliphatic heterocycles. The van der Waals surface area contributed by atoms with E-state index in [0.29, 0.717) is 5.56 Å². The third kappa shape index (κ3) is 6.95. The van der Waals surface area contributed by atoms with Gasteiger partial charge in [-0.25, -0.2) is 5.43 Å². The molecule has 3 N–H and O–H groups in total. The first-order valence-electron chi connectivity index (χ1n) is 11.7. The summed E-state index contributed by atoms with van der Waals surface area (Å²) in [6.45, 7) is 5.78. The number of nitrogens with zero attached hydrogens (tertiary/aromatic N) is 3. The monoisotopic (exact) mass is 535 g/mol. The number of para-hydroxylation sites is 1. The zero-order valence-corrected chi connectivity index (χ0v) is 21.5. The van der Waals surface area contributed by atoms with Gasteiger partial charge in [0.1, 0.15) is 5.70 Å². The molecule has 0 bridgehead atoms. The van der Waals surface area contributed by atoms with Gasteiger partial charge >= 0.3 is 5.69 Å². The van der Waals surface area contributed by atoms with E-state index in [1.54, 1.807) is 18.2 Å². The topological polar surface area (TPSA) is 137 Å². The number of nitro benzene ring substituents is 1. The van der Waals surface area contributed by atoms with Crippen LogP contribution in [0.3, 0.4) is 0 Å². The van der Waals surface area contributed by atoms with E-state index in [4.69, 9.17) is 11.6 Å². The van der Waals surface area contributed by atoms with Gasteiger partial charge in [-0.2, -0.15) is 5.10 Å². The average Bonchev–Trinajstić information content (AvgIpc) is 2.90. The summed E-state index contributed by atoms with van der Waals surface area (Å²) in [5.41, 5.74) is 3.51. The first-order chi connectivity index (χ1) is 18.2. The highest BCUT2D eigenvalue weighted by Gasteiger charge is 2.18. The van der Waals surface area contributed by atoms with Crippen LogP contribution < -0.4 is 15.6 Å². The zero-order valence-electron chi connectivity index (χ0n) is 20.7. The number of amides is 2. The Balaban J connectivity index is 1.88. The van der Waals surface area contributed by atoms with Crippen LogP contribution in [-0.4, -0.2) is 41.1 Å². The predicted molar refractivity (Wildman–Crippen MR) is 147 cm³/mol. The Morgan fingerprint density at radius 2 is 1.74 bits per heavy atom. The second kappa shape index (κ2) is 13.0. The second-order valence-electron chi connectivity index (χ2n) is 7.93. The first kappa shape index (κ1) is 27.9. The van der Waals surface area contributed by atoms with E-state index in [0.717, 1.165) is 31.1 Å². The molecule has 0 aromatic heterocycles. The van der Waals surface area contributed by atoms with Crippen molar-refractivity contribution in [3.63, 3.8) is 0 Å². The van der Waals surface area contributed by atoms with Gasteiger partial charge in [0.25, 0.3) is 11.8 Å². The molecule has 0 atom stereocenters. The van der Waals surface area contributed by atoms with Gasteiger partial charge in [0, 0.05) is 30.4 Å². The molecule has 11 heteroatoms. The number of rotatable bonds is 10. The molecule has 3 aromatic carbocycles. The Bertz CT molecular complexity index is 1380. The highest BCUT2D eigenvalue weighted by Crippen LogP contribution is 2.28. The third-order valence-corrected chi connectivity index (χ3v) is 5.89. The molecule has 0 aliphatic carbocycles. The molecule has 0 unspecified atom stereocenters. The van der Waals surface area contributed by atoms with Crippen LogP contribution in [0.15, 0.2) is 77.5 Å². The second-order valence-corrected chi connectivity index (χ2v) is 8.33. The maximum atomic E-state index is 13.0. The Morgan fingerprint density at radius 3 is 2.37 bits per heavy atom. The number of nitrogens with one attached hydrogen (secondary N) is 2. The van der Waals surface area contributed by atoms with E-state index in [1.165, 1.54) is 24.3 Å². The van der Waals surface area contributed by atoms with Crippen molar-refractivity contribution in [2.75, 3.05) is 18.0 Å². The fourth-order valence-corrected chi connectivity index (χ4v) is 3.77. The van der Waals surface area contributed by atoms with Crippen molar-refractivity contribution in [2.24, 2.45) is 5.10 Å². The predicted octanol–water partition coefficient (Wildman–Crippen LogP) is 4.72. The van der Waals surface area contributed by atoms with Crippen molar-refractivity contribution in [1.82, 2.24) is 10.7 Å². The molecule has 0 spiro atoms. The van der Waals surface area contributed by atoms with Crippen molar-refractivity contribution >= 4 is 47.1 Å². The maximum absolute atomic E-state index is 13.0. The molecule has 10 nitrogen and oxygen atoms in total. The molecule has 0 radical (unpaired) electrons. The number of carbonyl (C=O) groups excluding carboxylic acids is 2. The lowest BCUT2D eigenvalue weighted by Crippen LogP contribution is -2.33. The zero-order chi connectivity index (χ0) is 27.7. The fourth-order valence-electron chi connectivity index (χ4n) is 3.55. The van der Waals surface area contributed by atoms with Gasteiger partial charge in [0.2, 0.25) is 5.75 Å². The number of hydrogen-bond donors (Lipinski definition) is 3.